The summed E-state index contributed by atoms with van der Waals surface area (Å²) in [5, 5.41) is 0. The maximum absolute atomic E-state index is 3.60. The minimum Gasteiger partial charge on any atom is -0.106 e. The number of hydrogen-bond donors (Lipinski definition) is 0. The molecule has 0 unspecified atom stereocenters. The lowest BCUT2D eigenvalue weighted by Gasteiger charge is -1.67. The van der Waals surface area contributed by atoms with Crippen LogP contribution in [0.4, 0.5) is 0 Å². The van der Waals surface area contributed by atoms with Gasteiger partial charge in [-0.2, -0.15) is 0 Å². The maximum atomic E-state index is 3.60. The van der Waals surface area contributed by atoms with Crippen LogP contribution < -0.4 is 0 Å². The first-order chi connectivity index (χ1) is 2.91. The van der Waals surface area contributed by atoms with Crippen LogP contribution in [0.2, 0.25) is 0 Å². The van der Waals surface area contributed by atoms with Crippen molar-refractivity contribution in [2.45, 2.75) is 19.8 Å². The Balaban J connectivity index is 0. The van der Waals surface area contributed by atoms with Crippen LogP contribution in [0.15, 0.2) is 13.2 Å². The smallest absolute Gasteiger partial charge is 0.0533 e. The van der Waals surface area contributed by atoms with E-state index in [-0.39, 0.29) is 0 Å². The molecular formula is C6H13. The molecule has 0 saturated carbocycles. The van der Waals surface area contributed by atoms with E-state index < -0.39 is 0 Å². The van der Waals surface area contributed by atoms with Crippen LogP contribution in [0.1, 0.15) is 19.8 Å². The van der Waals surface area contributed by atoms with Gasteiger partial charge < -0.3 is 0 Å². The van der Waals surface area contributed by atoms with Crippen molar-refractivity contribution in [2.24, 2.45) is 0 Å². The third-order valence-electron chi connectivity index (χ3n) is 0.354. The molecule has 0 nitrogen and oxygen atoms in total. The molecule has 1 radical (unpaired) electrons. The first-order valence-electron chi connectivity index (χ1n) is 2.21. The summed E-state index contributed by atoms with van der Waals surface area (Å²) in [5.41, 5.74) is 0. The third kappa shape index (κ3) is 51.3. The van der Waals surface area contributed by atoms with Crippen molar-refractivity contribution < 1.29 is 0 Å². The standard InChI is InChI=1S/C4H9.C2H4/c1-3-4-2;1-2/h1,3-4H2,2H3;1-2H2. The predicted molar refractivity (Wildman–Crippen MR) is 31.5 cm³/mol. The second-order valence-electron chi connectivity index (χ2n) is 0.854. The molecule has 0 rings (SSSR count). The van der Waals surface area contributed by atoms with E-state index in [0.29, 0.717) is 0 Å². The molecule has 0 spiro atoms. The highest BCUT2D eigenvalue weighted by Crippen LogP contribution is 1.75. The van der Waals surface area contributed by atoms with Gasteiger partial charge in [0.05, 0.1) is 0 Å². The van der Waals surface area contributed by atoms with Crippen LogP contribution in [-0.4, -0.2) is 0 Å². The molecule has 0 aliphatic rings. The van der Waals surface area contributed by atoms with Crippen LogP contribution in [0, 0.1) is 6.92 Å². The molecule has 0 atom stereocenters. The van der Waals surface area contributed by atoms with Gasteiger partial charge in [-0.05, 0) is 0 Å². The van der Waals surface area contributed by atoms with Crippen LogP contribution in [0.5, 0.6) is 0 Å². The molecule has 0 aromatic heterocycles. The second-order valence-corrected chi connectivity index (χ2v) is 0.854. The fourth-order valence-electron chi connectivity index (χ4n) is 0. The zero-order chi connectivity index (χ0) is 5.41. The molecule has 0 saturated heterocycles. The Bertz CT molecular complexity index is 7.51. The highest BCUT2D eigenvalue weighted by Gasteiger charge is 1.56. The van der Waals surface area contributed by atoms with Crippen LogP contribution >= 0.6 is 0 Å². The first kappa shape index (κ1) is 9.22. The number of rotatable bonds is 1. The summed E-state index contributed by atoms with van der Waals surface area (Å²) in [6.07, 6.45) is 2.28. The predicted octanol–water partition coefficient (Wildman–Crippen LogP) is 2.42. The van der Waals surface area contributed by atoms with E-state index in [9.17, 15) is 0 Å². The molecule has 0 heterocycles. The zero-order valence-electron chi connectivity index (χ0n) is 4.54. The van der Waals surface area contributed by atoms with Crippen LogP contribution in [0.3, 0.4) is 0 Å². The molecule has 0 fully saturated rings. The maximum Gasteiger partial charge on any atom is -0.0533 e. The molecule has 0 aromatic carbocycles. The Morgan fingerprint density at radius 1 is 1.33 bits per heavy atom. The van der Waals surface area contributed by atoms with Crippen molar-refractivity contribution in [3.63, 3.8) is 0 Å². The molecule has 0 N–H and O–H groups in total. The van der Waals surface area contributed by atoms with E-state index in [0.717, 1.165) is 6.42 Å². The van der Waals surface area contributed by atoms with E-state index in [4.69, 9.17) is 0 Å². The van der Waals surface area contributed by atoms with Crippen molar-refractivity contribution in [3.8, 4) is 0 Å². The SMILES string of the molecule is C=C.[CH2]CCC. The van der Waals surface area contributed by atoms with Gasteiger partial charge in [-0.15, -0.1) is 13.2 Å². The van der Waals surface area contributed by atoms with Gasteiger partial charge in [0, 0.05) is 0 Å². The van der Waals surface area contributed by atoms with Crippen molar-refractivity contribution >= 4 is 0 Å². The van der Waals surface area contributed by atoms with E-state index in [1.807, 2.05) is 0 Å². The molecule has 6 heavy (non-hydrogen) atoms. The second kappa shape index (κ2) is 21.9. The summed E-state index contributed by atoms with van der Waals surface area (Å²) in [6, 6.07) is 0. The summed E-state index contributed by atoms with van der Waals surface area (Å²) in [6.45, 7) is 11.7. The van der Waals surface area contributed by atoms with E-state index in [1.54, 1.807) is 0 Å². The minimum absolute atomic E-state index is 1.07. The Morgan fingerprint density at radius 3 is 1.50 bits per heavy atom. The van der Waals surface area contributed by atoms with Gasteiger partial charge in [0.25, 0.3) is 0 Å². The summed E-state index contributed by atoms with van der Waals surface area (Å²) in [5.74, 6) is 0. The summed E-state index contributed by atoms with van der Waals surface area (Å²) < 4.78 is 0. The lowest BCUT2D eigenvalue weighted by Crippen LogP contribution is -1.48. The van der Waals surface area contributed by atoms with Crippen molar-refractivity contribution in [1.29, 1.82) is 0 Å². The van der Waals surface area contributed by atoms with Crippen LogP contribution in [-0.2, 0) is 0 Å². The van der Waals surface area contributed by atoms with Crippen molar-refractivity contribution in [1.82, 2.24) is 0 Å². The van der Waals surface area contributed by atoms with Gasteiger partial charge in [-0.3, -0.25) is 0 Å². The van der Waals surface area contributed by atoms with Crippen LogP contribution in [0.25, 0.3) is 0 Å². The highest BCUT2D eigenvalue weighted by molar-refractivity contribution is 4.29. The van der Waals surface area contributed by atoms with E-state index >= 15 is 0 Å². The van der Waals surface area contributed by atoms with Crippen molar-refractivity contribution in [3.05, 3.63) is 20.1 Å². The first-order valence-corrected chi connectivity index (χ1v) is 2.21. The van der Waals surface area contributed by atoms with Gasteiger partial charge in [-0.1, -0.05) is 26.7 Å². The molecule has 37 valence electrons. The highest BCUT2D eigenvalue weighted by atomic mass is 13.6. The largest absolute Gasteiger partial charge is 0.106 e. The van der Waals surface area contributed by atoms with Gasteiger partial charge in [0.2, 0.25) is 0 Å². The average Bonchev–Trinajstić information content (AvgIpc) is 1.72. The Hall–Kier alpha value is -0.260. The topological polar surface area (TPSA) is 0 Å². The average molecular weight is 85.2 g/mol. The molecule has 0 aliphatic carbocycles. The number of hydrogen-bond acceptors (Lipinski definition) is 0. The molecule has 0 amide bonds. The normalized spacial score (nSPS) is 5.67. The number of unbranched alkanes of at least 4 members (excludes halogenated alkanes) is 1. The quantitative estimate of drug-likeness (QED) is 0.429. The molecular weight excluding hydrogens is 72.1 g/mol. The fourth-order valence-corrected chi connectivity index (χ4v) is 0. The lowest BCUT2D eigenvalue weighted by atomic mass is 10.4. The van der Waals surface area contributed by atoms with Gasteiger partial charge in [0.15, 0.2) is 0 Å². The van der Waals surface area contributed by atoms with Gasteiger partial charge in [0.1, 0.15) is 0 Å². The molecule has 0 bridgehead atoms. The summed E-state index contributed by atoms with van der Waals surface area (Å²) in [7, 11) is 0. The Labute approximate surface area is 40.9 Å². The monoisotopic (exact) mass is 85.1 g/mol. The fraction of sp³-hybridized carbons (Fsp3) is 0.500. The minimum atomic E-state index is 1.07. The zero-order valence-corrected chi connectivity index (χ0v) is 4.54. The molecule has 0 aliphatic heterocycles. The molecule has 0 aromatic rings. The summed E-state index contributed by atoms with van der Waals surface area (Å²) >= 11 is 0. The summed E-state index contributed by atoms with van der Waals surface area (Å²) in [4.78, 5) is 0. The van der Waals surface area contributed by atoms with Gasteiger partial charge in [-0.25, -0.2) is 0 Å². The van der Waals surface area contributed by atoms with E-state index in [1.165, 1.54) is 6.42 Å². The van der Waals surface area contributed by atoms with Gasteiger partial charge >= 0.3 is 0 Å². The third-order valence-corrected chi connectivity index (χ3v) is 0.354. The van der Waals surface area contributed by atoms with Crippen molar-refractivity contribution in [2.75, 3.05) is 0 Å². The lowest BCUT2D eigenvalue weighted by molar-refractivity contribution is 0.956. The molecule has 0 heteroatoms. The Kier molecular flexibility index (Phi) is 33.7. The van der Waals surface area contributed by atoms with E-state index in [2.05, 4.69) is 27.0 Å². The Morgan fingerprint density at radius 2 is 1.50 bits per heavy atom.